The average Bonchev–Trinajstić information content (AvgIpc) is 3.42. The van der Waals surface area contributed by atoms with Gasteiger partial charge >= 0.3 is 6.03 Å². The fraction of sp³-hybridized carbons (Fsp3) is 0.444. The quantitative estimate of drug-likeness (QED) is 0.874. The minimum atomic E-state index is -0.308. The summed E-state index contributed by atoms with van der Waals surface area (Å²) in [6.07, 6.45) is 6.50. The summed E-state index contributed by atoms with van der Waals surface area (Å²) in [5.41, 5.74) is 0.587. The molecule has 4 rings (SSSR count). The number of carbonyl (C=O) groups excluding carboxylic acids is 2. The molecule has 9 heteroatoms. The first kappa shape index (κ1) is 17.5. The standard InChI is InChI=1S/C18H22N6O3/c25-17(15-5-2-13-27-15)22-9-11-23(12-10-22)18(26)21-14-4-1-6-19-16(14)24-8-3-7-20-24/h1,3-4,6-8,15H,2,5,9-13H2,(H,21,26)/t15-/m0/s1. The molecule has 142 valence electrons. The number of rotatable bonds is 3. The number of nitrogens with zero attached hydrogens (tertiary/aromatic N) is 5. The van der Waals surface area contributed by atoms with Gasteiger partial charge in [-0.2, -0.15) is 5.10 Å². The second-order valence-electron chi connectivity index (χ2n) is 6.57. The number of hydrogen-bond donors (Lipinski definition) is 1. The highest BCUT2D eigenvalue weighted by Crippen LogP contribution is 2.18. The van der Waals surface area contributed by atoms with Crippen molar-refractivity contribution in [3.63, 3.8) is 0 Å². The van der Waals surface area contributed by atoms with Crippen LogP contribution >= 0.6 is 0 Å². The second kappa shape index (κ2) is 7.75. The maximum absolute atomic E-state index is 12.7. The monoisotopic (exact) mass is 370 g/mol. The molecule has 0 aliphatic carbocycles. The number of anilines is 1. The first-order valence-electron chi connectivity index (χ1n) is 9.14. The summed E-state index contributed by atoms with van der Waals surface area (Å²) in [5, 5.41) is 7.07. The Hall–Kier alpha value is -2.94. The van der Waals surface area contributed by atoms with E-state index in [1.54, 1.807) is 51.3 Å². The van der Waals surface area contributed by atoms with Gasteiger partial charge in [-0.05, 0) is 31.0 Å². The molecule has 1 atom stereocenters. The van der Waals surface area contributed by atoms with Crippen molar-refractivity contribution in [1.29, 1.82) is 0 Å². The number of carbonyl (C=O) groups is 2. The van der Waals surface area contributed by atoms with Crippen LogP contribution in [0.4, 0.5) is 10.5 Å². The zero-order valence-corrected chi connectivity index (χ0v) is 15.0. The zero-order valence-electron chi connectivity index (χ0n) is 15.0. The Balaban J connectivity index is 1.36. The first-order chi connectivity index (χ1) is 13.2. The van der Waals surface area contributed by atoms with Crippen molar-refractivity contribution >= 4 is 17.6 Å². The SMILES string of the molecule is O=C(Nc1cccnc1-n1cccn1)N1CCN(C(=O)[C@@H]2CCCO2)CC1. The molecule has 0 saturated carbocycles. The van der Waals surface area contributed by atoms with E-state index in [0.717, 1.165) is 12.8 Å². The lowest BCUT2D eigenvalue weighted by molar-refractivity contribution is -0.142. The predicted octanol–water partition coefficient (Wildman–Crippen LogP) is 1.12. The summed E-state index contributed by atoms with van der Waals surface area (Å²) in [7, 11) is 0. The van der Waals surface area contributed by atoms with Crippen LogP contribution in [0, 0.1) is 0 Å². The zero-order chi connectivity index (χ0) is 18.6. The molecule has 0 bridgehead atoms. The van der Waals surface area contributed by atoms with Crippen LogP contribution < -0.4 is 5.32 Å². The van der Waals surface area contributed by atoms with Crippen molar-refractivity contribution in [1.82, 2.24) is 24.6 Å². The van der Waals surface area contributed by atoms with Crippen LogP contribution in [-0.4, -0.2) is 75.4 Å². The van der Waals surface area contributed by atoms with E-state index in [0.29, 0.717) is 44.3 Å². The Morgan fingerprint density at radius 1 is 1.11 bits per heavy atom. The molecule has 2 saturated heterocycles. The summed E-state index contributed by atoms with van der Waals surface area (Å²) in [5.74, 6) is 0.601. The van der Waals surface area contributed by atoms with Crippen molar-refractivity contribution < 1.29 is 14.3 Å². The summed E-state index contributed by atoms with van der Waals surface area (Å²) in [4.78, 5) is 32.9. The van der Waals surface area contributed by atoms with Gasteiger partial charge in [-0.25, -0.2) is 14.5 Å². The number of aromatic nitrogens is 3. The third-order valence-electron chi connectivity index (χ3n) is 4.83. The van der Waals surface area contributed by atoms with Gasteiger partial charge in [0, 0.05) is 51.4 Å². The molecule has 3 amide bonds. The maximum Gasteiger partial charge on any atom is 0.322 e. The number of hydrogen-bond acceptors (Lipinski definition) is 5. The fourth-order valence-electron chi connectivity index (χ4n) is 3.37. The molecule has 4 heterocycles. The molecule has 2 aliphatic rings. The molecule has 27 heavy (non-hydrogen) atoms. The topological polar surface area (TPSA) is 92.6 Å². The fourth-order valence-corrected chi connectivity index (χ4v) is 3.37. The van der Waals surface area contributed by atoms with Gasteiger partial charge in [0.05, 0.1) is 5.69 Å². The maximum atomic E-state index is 12.7. The van der Waals surface area contributed by atoms with Crippen LogP contribution in [0.5, 0.6) is 0 Å². The molecule has 0 aromatic carbocycles. The number of ether oxygens (including phenoxy) is 1. The van der Waals surface area contributed by atoms with Gasteiger partial charge in [0.15, 0.2) is 5.82 Å². The Bertz CT molecular complexity index is 795. The molecule has 0 radical (unpaired) electrons. The number of pyridine rings is 1. The van der Waals surface area contributed by atoms with Crippen LogP contribution in [0.25, 0.3) is 5.82 Å². The Morgan fingerprint density at radius 2 is 1.93 bits per heavy atom. The molecule has 2 aromatic heterocycles. The van der Waals surface area contributed by atoms with E-state index < -0.39 is 0 Å². The van der Waals surface area contributed by atoms with Crippen molar-refractivity contribution in [3.8, 4) is 5.82 Å². The minimum absolute atomic E-state index is 0.0424. The van der Waals surface area contributed by atoms with Crippen molar-refractivity contribution in [2.75, 3.05) is 38.1 Å². The molecule has 2 aromatic rings. The minimum Gasteiger partial charge on any atom is -0.368 e. The number of nitrogens with one attached hydrogen (secondary N) is 1. The van der Waals surface area contributed by atoms with E-state index in [-0.39, 0.29) is 18.0 Å². The van der Waals surface area contributed by atoms with Gasteiger partial charge in [0.2, 0.25) is 0 Å². The van der Waals surface area contributed by atoms with Crippen LogP contribution in [0.3, 0.4) is 0 Å². The smallest absolute Gasteiger partial charge is 0.322 e. The molecule has 1 N–H and O–H groups in total. The largest absolute Gasteiger partial charge is 0.368 e. The van der Waals surface area contributed by atoms with E-state index >= 15 is 0 Å². The lowest BCUT2D eigenvalue weighted by Crippen LogP contribution is -2.53. The average molecular weight is 370 g/mol. The Morgan fingerprint density at radius 3 is 2.63 bits per heavy atom. The number of urea groups is 1. The van der Waals surface area contributed by atoms with Crippen LogP contribution in [0.1, 0.15) is 12.8 Å². The Kier molecular flexibility index (Phi) is 5.01. The van der Waals surface area contributed by atoms with Crippen molar-refractivity contribution in [2.24, 2.45) is 0 Å². The molecule has 0 spiro atoms. The van der Waals surface area contributed by atoms with Crippen LogP contribution in [0.15, 0.2) is 36.8 Å². The number of piperazine rings is 1. The van der Waals surface area contributed by atoms with Gasteiger partial charge in [0.25, 0.3) is 5.91 Å². The van der Waals surface area contributed by atoms with Gasteiger partial charge < -0.3 is 19.9 Å². The van der Waals surface area contributed by atoms with E-state index in [4.69, 9.17) is 4.74 Å². The summed E-state index contributed by atoms with van der Waals surface area (Å²) < 4.78 is 7.08. The van der Waals surface area contributed by atoms with E-state index in [1.807, 2.05) is 0 Å². The van der Waals surface area contributed by atoms with Crippen molar-refractivity contribution in [2.45, 2.75) is 18.9 Å². The van der Waals surface area contributed by atoms with Gasteiger partial charge in [-0.1, -0.05) is 0 Å². The third-order valence-corrected chi connectivity index (χ3v) is 4.83. The van der Waals surface area contributed by atoms with Crippen molar-refractivity contribution in [3.05, 3.63) is 36.8 Å². The summed E-state index contributed by atoms with van der Waals surface area (Å²) in [6.45, 7) is 2.67. The molecule has 0 unspecified atom stereocenters. The molecule has 9 nitrogen and oxygen atoms in total. The second-order valence-corrected chi connectivity index (χ2v) is 6.57. The molecule has 2 fully saturated rings. The van der Waals surface area contributed by atoms with E-state index in [1.165, 1.54) is 0 Å². The summed E-state index contributed by atoms with van der Waals surface area (Å²) >= 11 is 0. The lowest BCUT2D eigenvalue weighted by atomic mass is 10.2. The predicted molar refractivity (Wildman–Crippen MR) is 97.5 cm³/mol. The molecule has 2 aliphatic heterocycles. The van der Waals surface area contributed by atoms with Gasteiger partial charge in [0.1, 0.15) is 6.10 Å². The normalized spacial score (nSPS) is 19.9. The van der Waals surface area contributed by atoms with Gasteiger partial charge in [-0.3, -0.25) is 4.79 Å². The summed E-state index contributed by atoms with van der Waals surface area (Å²) in [6, 6.07) is 5.14. The third kappa shape index (κ3) is 3.77. The van der Waals surface area contributed by atoms with Crippen LogP contribution in [-0.2, 0) is 9.53 Å². The number of amides is 3. The van der Waals surface area contributed by atoms with E-state index in [9.17, 15) is 9.59 Å². The van der Waals surface area contributed by atoms with Gasteiger partial charge in [-0.15, -0.1) is 0 Å². The highest BCUT2D eigenvalue weighted by atomic mass is 16.5. The Labute approximate surface area is 156 Å². The lowest BCUT2D eigenvalue weighted by Gasteiger charge is -2.35. The van der Waals surface area contributed by atoms with Crippen LogP contribution in [0.2, 0.25) is 0 Å². The molecular weight excluding hydrogens is 348 g/mol. The molecular formula is C18H22N6O3. The highest BCUT2D eigenvalue weighted by Gasteiger charge is 2.31. The van der Waals surface area contributed by atoms with E-state index in [2.05, 4.69) is 15.4 Å². The highest BCUT2D eigenvalue weighted by molar-refractivity contribution is 5.91. The first-order valence-corrected chi connectivity index (χ1v) is 9.14.